The summed E-state index contributed by atoms with van der Waals surface area (Å²) in [6.45, 7) is 7.58. The summed E-state index contributed by atoms with van der Waals surface area (Å²) in [5, 5.41) is 6.39. The van der Waals surface area contributed by atoms with Crippen LogP contribution >= 0.6 is 15.9 Å². The van der Waals surface area contributed by atoms with Crippen molar-refractivity contribution < 1.29 is 4.79 Å². The molecule has 1 aromatic carbocycles. The number of anilines is 1. The third-order valence-corrected chi connectivity index (χ3v) is 4.11. The molecular weight excluding hydrogens is 318 g/mol. The molecule has 1 amide bonds. The summed E-state index contributed by atoms with van der Waals surface area (Å²) < 4.78 is 1.09. The van der Waals surface area contributed by atoms with Crippen LogP contribution < -0.4 is 15.5 Å². The van der Waals surface area contributed by atoms with Crippen LogP contribution in [0, 0.1) is 0 Å². The zero-order valence-electron chi connectivity index (χ0n) is 12.1. The molecular formula is C15H22BrN3O. The van der Waals surface area contributed by atoms with Gasteiger partial charge in [-0.25, -0.2) is 0 Å². The Labute approximate surface area is 129 Å². The molecule has 0 radical (unpaired) electrons. The van der Waals surface area contributed by atoms with Crippen LogP contribution in [0.3, 0.4) is 0 Å². The Bertz CT molecular complexity index is 478. The smallest absolute Gasteiger partial charge is 0.221 e. The molecule has 1 heterocycles. The van der Waals surface area contributed by atoms with Crippen LogP contribution in [-0.4, -0.2) is 32.1 Å². The lowest BCUT2D eigenvalue weighted by Gasteiger charge is -2.27. The van der Waals surface area contributed by atoms with Crippen molar-refractivity contribution in [3.05, 3.63) is 28.2 Å². The largest absolute Gasteiger partial charge is 0.369 e. The summed E-state index contributed by atoms with van der Waals surface area (Å²) in [6, 6.07) is 6.67. The van der Waals surface area contributed by atoms with Crippen LogP contribution in [-0.2, 0) is 4.79 Å². The van der Waals surface area contributed by atoms with Crippen molar-refractivity contribution >= 4 is 27.5 Å². The second-order valence-electron chi connectivity index (χ2n) is 5.07. The molecule has 0 aliphatic carbocycles. The molecule has 5 heteroatoms. The highest BCUT2D eigenvalue weighted by Gasteiger charge is 2.18. The molecule has 0 bridgehead atoms. The number of benzene rings is 1. The molecule has 1 fully saturated rings. The Hall–Kier alpha value is -1.07. The van der Waals surface area contributed by atoms with Crippen LogP contribution in [0.5, 0.6) is 0 Å². The molecule has 1 aromatic rings. The van der Waals surface area contributed by atoms with Gasteiger partial charge in [0.05, 0.1) is 0 Å². The summed E-state index contributed by atoms with van der Waals surface area (Å²) in [5.41, 5.74) is 2.49. The first-order valence-electron chi connectivity index (χ1n) is 7.16. The van der Waals surface area contributed by atoms with Gasteiger partial charge in [0.2, 0.25) is 5.91 Å². The van der Waals surface area contributed by atoms with E-state index in [2.05, 4.69) is 63.5 Å². The standard InChI is InChI=1S/C15H22BrN3O/c1-3-17-11(2)13-10-12(16)4-5-14(13)19-8-6-15(20)18-7-9-19/h4-5,10-11,17H,3,6-9H2,1-2H3,(H,18,20). The van der Waals surface area contributed by atoms with Crippen molar-refractivity contribution in [1.82, 2.24) is 10.6 Å². The molecule has 20 heavy (non-hydrogen) atoms. The second kappa shape index (κ2) is 7.09. The minimum Gasteiger partial charge on any atom is -0.369 e. The van der Waals surface area contributed by atoms with Crippen molar-refractivity contribution in [2.45, 2.75) is 26.3 Å². The predicted molar refractivity (Wildman–Crippen MR) is 86.1 cm³/mol. The van der Waals surface area contributed by atoms with Gasteiger partial charge in [-0.1, -0.05) is 22.9 Å². The van der Waals surface area contributed by atoms with Crippen molar-refractivity contribution in [2.75, 3.05) is 31.1 Å². The van der Waals surface area contributed by atoms with Gasteiger partial charge in [0.1, 0.15) is 0 Å². The van der Waals surface area contributed by atoms with E-state index in [4.69, 9.17) is 0 Å². The Morgan fingerprint density at radius 2 is 2.25 bits per heavy atom. The first kappa shape index (κ1) is 15.3. The summed E-state index contributed by atoms with van der Waals surface area (Å²) in [5.74, 6) is 0.144. The molecule has 1 atom stereocenters. The Morgan fingerprint density at radius 1 is 1.45 bits per heavy atom. The van der Waals surface area contributed by atoms with Crippen LogP contribution in [0.1, 0.15) is 31.9 Å². The Balaban J connectivity index is 2.27. The molecule has 2 rings (SSSR count). The topological polar surface area (TPSA) is 44.4 Å². The number of nitrogens with one attached hydrogen (secondary N) is 2. The first-order valence-corrected chi connectivity index (χ1v) is 7.95. The fourth-order valence-electron chi connectivity index (χ4n) is 2.58. The molecule has 1 unspecified atom stereocenters. The predicted octanol–water partition coefficient (Wildman–Crippen LogP) is 2.45. The third kappa shape index (κ3) is 3.73. The van der Waals surface area contributed by atoms with Crippen LogP contribution in [0.4, 0.5) is 5.69 Å². The highest BCUT2D eigenvalue weighted by atomic mass is 79.9. The molecule has 0 spiro atoms. The highest BCUT2D eigenvalue weighted by molar-refractivity contribution is 9.10. The van der Waals surface area contributed by atoms with Crippen LogP contribution in [0.2, 0.25) is 0 Å². The van der Waals surface area contributed by atoms with E-state index in [0.717, 1.165) is 24.1 Å². The number of amides is 1. The van der Waals surface area contributed by atoms with E-state index < -0.39 is 0 Å². The van der Waals surface area contributed by atoms with Crippen molar-refractivity contribution in [2.24, 2.45) is 0 Å². The second-order valence-corrected chi connectivity index (χ2v) is 5.99. The van der Waals surface area contributed by atoms with Gasteiger partial charge in [-0.15, -0.1) is 0 Å². The Kier molecular flexibility index (Phi) is 5.43. The van der Waals surface area contributed by atoms with E-state index in [0.29, 0.717) is 19.0 Å². The molecule has 1 aliphatic heterocycles. The number of halogens is 1. The van der Waals surface area contributed by atoms with E-state index in [1.54, 1.807) is 0 Å². The van der Waals surface area contributed by atoms with E-state index in [9.17, 15) is 4.79 Å². The van der Waals surface area contributed by atoms with E-state index >= 15 is 0 Å². The molecule has 0 saturated carbocycles. The lowest BCUT2D eigenvalue weighted by Crippen LogP contribution is -2.30. The maximum absolute atomic E-state index is 11.5. The lowest BCUT2D eigenvalue weighted by atomic mass is 10.0. The maximum Gasteiger partial charge on any atom is 0.221 e. The summed E-state index contributed by atoms with van der Waals surface area (Å²) in [7, 11) is 0. The lowest BCUT2D eigenvalue weighted by molar-refractivity contribution is -0.120. The van der Waals surface area contributed by atoms with Gasteiger partial charge in [-0.2, -0.15) is 0 Å². The SMILES string of the molecule is CCNC(C)c1cc(Br)ccc1N1CCNC(=O)CC1. The van der Waals surface area contributed by atoms with Gasteiger partial charge in [0, 0.05) is 42.3 Å². The number of rotatable bonds is 4. The highest BCUT2D eigenvalue weighted by Crippen LogP contribution is 2.30. The van der Waals surface area contributed by atoms with E-state index in [-0.39, 0.29) is 5.91 Å². The van der Waals surface area contributed by atoms with Gasteiger partial charge in [0.15, 0.2) is 0 Å². The number of nitrogens with zero attached hydrogens (tertiary/aromatic N) is 1. The van der Waals surface area contributed by atoms with Gasteiger partial charge in [-0.05, 0) is 37.2 Å². The van der Waals surface area contributed by atoms with E-state index in [1.807, 2.05) is 0 Å². The molecule has 1 aliphatic rings. The zero-order chi connectivity index (χ0) is 14.5. The minimum absolute atomic E-state index is 0.144. The monoisotopic (exact) mass is 339 g/mol. The molecule has 2 N–H and O–H groups in total. The number of carbonyl (C=O) groups is 1. The fraction of sp³-hybridized carbons (Fsp3) is 0.533. The quantitative estimate of drug-likeness (QED) is 0.885. The number of carbonyl (C=O) groups excluding carboxylic acids is 1. The van der Waals surface area contributed by atoms with Crippen molar-refractivity contribution in [3.63, 3.8) is 0 Å². The molecule has 0 aromatic heterocycles. The van der Waals surface area contributed by atoms with Crippen LogP contribution in [0.25, 0.3) is 0 Å². The summed E-state index contributed by atoms with van der Waals surface area (Å²) in [6.07, 6.45) is 0.561. The minimum atomic E-state index is 0.144. The average Bonchev–Trinajstić information content (AvgIpc) is 2.64. The van der Waals surface area contributed by atoms with Gasteiger partial charge < -0.3 is 15.5 Å². The van der Waals surface area contributed by atoms with Gasteiger partial charge in [-0.3, -0.25) is 4.79 Å². The average molecular weight is 340 g/mol. The Morgan fingerprint density at radius 3 is 3.00 bits per heavy atom. The molecule has 4 nitrogen and oxygen atoms in total. The van der Waals surface area contributed by atoms with Gasteiger partial charge >= 0.3 is 0 Å². The fourth-order valence-corrected chi connectivity index (χ4v) is 2.96. The summed E-state index contributed by atoms with van der Waals surface area (Å²) >= 11 is 3.55. The van der Waals surface area contributed by atoms with Crippen molar-refractivity contribution in [3.8, 4) is 0 Å². The number of hydrogen-bond acceptors (Lipinski definition) is 3. The molecule has 110 valence electrons. The maximum atomic E-state index is 11.5. The van der Waals surface area contributed by atoms with E-state index in [1.165, 1.54) is 11.3 Å². The normalized spacial score (nSPS) is 17.6. The molecule has 1 saturated heterocycles. The van der Waals surface area contributed by atoms with Gasteiger partial charge in [0.25, 0.3) is 0 Å². The summed E-state index contributed by atoms with van der Waals surface area (Å²) in [4.78, 5) is 13.8. The third-order valence-electron chi connectivity index (χ3n) is 3.62. The van der Waals surface area contributed by atoms with Crippen LogP contribution in [0.15, 0.2) is 22.7 Å². The first-order chi connectivity index (χ1) is 9.61. The number of hydrogen-bond donors (Lipinski definition) is 2. The zero-order valence-corrected chi connectivity index (χ0v) is 13.7. The van der Waals surface area contributed by atoms with Crippen molar-refractivity contribution in [1.29, 1.82) is 0 Å².